The second-order valence-corrected chi connectivity index (χ2v) is 10.4. The van der Waals surface area contributed by atoms with Crippen molar-refractivity contribution in [2.75, 3.05) is 39.8 Å². The van der Waals surface area contributed by atoms with Crippen LogP contribution in [0.25, 0.3) is 16.6 Å². The molecule has 15 heteroatoms. The summed E-state index contributed by atoms with van der Waals surface area (Å²) in [5.41, 5.74) is 6.13. The van der Waals surface area contributed by atoms with Crippen LogP contribution in [0.4, 0.5) is 20.2 Å². The van der Waals surface area contributed by atoms with E-state index in [-0.39, 0.29) is 40.5 Å². The molecular weight excluding hydrogens is 546 g/mol. The highest BCUT2D eigenvalue weighted by Gasteiger charge is 2.29. The number of anilines is 2. The van der Waals surface area contributed by atoms with Gasteiger partial charge in [-0.2, -0.15) is 0 Å². The van der Waals surface area contributed by atoms with Crippen LogP contribution in [0.3, 0.4) is 0 Å². The Balaban J connectivity index is 1.72. The number of hydrogen-bond donors (Lipinski definition) is 2. The van der Waals surface area contributed by atoms with Crippen LogP contribution in [-0.2, 0) is 18.1 Å². The molecule has 1 atom stereocenters. The highest BCUT2D eigenvalue weighted by Crippen LogP contribution is 2.41. The minimum atomic E-state index is -1.66. The molecule has 1 aliphatic heterocycles. The Labute approximate surface area is 230 Å². The smallest absolute Gasteiger partial charge is 0.265 e. The lowest BCUT2D eigenvalue weighted by atomic mass is 10.1. The number of hydrogen-bond acceptors (Lipinski definition) is 10. The molecule has 210 valence electrons. The zero-order valence-corrected chi connectivity index (χ0v) is 22.8. The average molecular weight is 573 g/mol. The lowest BCUT2D eigenvalue weighted by Gasteiger charge is -2.27. The van der Waals surface area contributed by atoms with Crippen LogP contribution in [0.15, 0.2) is 54.0 Å². The summed E-state index contributed by atoms with van der Waals surface area (Å²) < 4.78 is 59.0. The van der Waals surface area contributed by atoms with Gasteiger partial charge in [0.05, 0.1) is 56.3 Å². The van der Waals surface area contributed by atoms with E-state index in [1.54, 1.807) is 32.4 Å². The zero-order chi connectivity index (χ0) is 28.6. The summed E-state index contributed by atoms with van der Waals surface area (Å²) in [4.78, 5) is 23.4. The summed E-state index contributed by atoms with van der Waals surface area (Å²) in [6.45, 7) is 0.167. The number of aromatic nitrogens is 4. The Morgan fingerprint density at radius 1 is 1.12 bits per heavy atom. The number of fused-ring (bicyclic) bond motifs is 1. The minimum Gasteiger partial charge on any atom is -0.573 e. The van der Waals surface area contributed by atoms with Gasteiger partial charge in [-0.1, -0.05) is 0 Å². The number of nitrogens with zero attached hydrogens (tertiary/aromatic N) is 6. The molecule has 0 aliphatic carbocycles. The molecule has 1 aliphatic rings. The molecule has 0 amide bonds. The second kappa shape index (κ2) is 11.1. The number of methoxy groups -OCH3 is 2. The molecule has 5 rings (SSSR count). The number of benzene rings is 2. The van der Waals surface area contributed by atoms with E-state index in [0.29, 0.717) is 17.8 Å². The number of rotatable bonds is 9. The van der Waals surface area contributed by atoms with E-state index in [9.17, 15) is 9.35 Å². The van der Waals surface area contributed by atoms with E-state index in [1.807, 2.05) is 0 Å². The van der Waals surface area contributed by atoms with Gasteiger partial charge in [-0.3, -0.25) is 9.36 Å². The second-order valence-electron chi connectivity index (χ2n) is 8.81. The minimum absolute atomic E-state index is 0.216. The predicted molar refractivity (Wildman–Crippen MR) is 146 cm³/mol. The fourth-order valence-electron chi connectivity index (χ4n) is 4.27. The molecule has 0 spiro atoms. The van der Waals surface area contributed by atoms with Gasteiger partial charge in [0.1, 0.15) is 12.0 Å². The third-order valence-corrected chi connectivity index (χ3v) is 7.55. The summed E-state index contributed by atoms with van der Waals surface area (Å²) in [7, 11) is 5.75. The van der Waals surface area contributed by atoms with Gasteiger partial charge in [0.2, 0.25) is 0 Å². The third kappa shape index (κ3) is 4.83. The highest BCUT2D eigenvalue weighted by molar-refractivity contribution is 7.87. The summed E-state index contributed by atoms with van der Waals surface area (Å²) in [6, 6.07) is 5.77. The maximum absolute atomic E-state index is 15.8. The van der Waals surface area contributed by atoms with Gasteiger partial charge in [0, 0.05) is 32.0 Å². The maximum Gasteiger partial charge on any atom is 0.265 e. The van der Waals surface area contributed by atoms with Crippen LogP contribution >= 0.6 is 0 Å². The first-order valence-electron chi connectivity index (χ1n) is 11.9. The van der Waals surface area contributed by atoms with Crippen LogP contribution in [0, 0.1) is 11.6 Å². The molecule has 12 nitrogen and oxygen atoms in total. The van der Waals surface area contributed by atoms with Crippen molar-refractivity contribution in [1.82, 2.24) is 33.7 Å². The Morgan fingerprint density at radius 3 is 2.48 bits per heavy atom. The summed E-state index contributed by atoms with van der Waals surface area (Å²) >= 11 is -1.66. The molecule has 2 N–H and O–H groups in total. The SMILES string of the molecule is COc1cc(OC)c(F)c(N(Cc2nccn2[S+]([O-])N(C)C)c2ccc3ncn(C4=CNNC4)c(=O)c3c2)c1F. The van der Waals surface area contributed by atoms with E-state index in [4.69, 9.17) is 9.47 Å². The maximum atomic E-state index is 15.8. The van der Waals surface area contributed by atoms with Crippen molar-refractivity contribution in [2.24, 2.45) is 0 Å². The first-order chi connectivity index (χ1) is 19.2. The standard InChI is InChI=1S/C25H26F2N8O4S/c1-32(2)40(37)35-8-7-28-21(35)13-33(24-22(26)19(38-3)10-20(39-4)23(24)27)15-5-6-18-17(9-15)25(36)34(14-29-18)16-11-30-31-12-16/h5-11,14,30-31H,12-13H2,1-4H3. The molecule has 2 aromatic heterocycles. The monoisotopic (exact) mass is 572 g/mol. The van der Waals surface area contributed by atoms with E-state index in [2.05, 4.69) is 20.8 Å². The van der Waals surface area contributed by atoms with Crippen molar-refractivity contribution in [3.8, 4) is 11.5 Å². The van der Waals surface area contributed by atoms with E-state index >= 15 is 8.78 Å². The van der Waals surface area contributed by atoms with Crippen molar-refractivity contribution < 1.29 is 22.8 Å². The molecule has 0 radical (unpaired) electrons. The predicted octanol–water partition coefficient (Wildman–Crippen LogP) is 2.12. The highest BCUT2D eigenvalue weighted by atomic mass is 32.2. The average Bonchev–Trinajstić information content (AvgIpc) is 3.65. The molecular formula is C25H26F2N8O4S. The molecule has 0 fully saturated rings. The molecule has 0 saturated carbocycles. The summed E-state index contributed by atoms with van der Waals surface area (Å²) in [6.07, 6.45) is 6.00. The van der Waals surface area contributed by atoms with Gasteiger partial charge in [-0.05, 0) is 18.2 Å². The molecule has 4 aromatic rings. The van der Waals surface area contributed by atoms with Crippen molar-refractivity contribution >= 4 is 39.5 Å². The Kier molecular flexibility index (Phi) is 7.62. The van der Waals surface area contributed by atoms with Gasteiger partial charge < -0.3 is 24.4 Å². The first kappa shape index (κ1) is 27.4. The molecule has 0 bridgehead atoms. The summed E-state index contributed by atoms with van der Waals surface area (Å²) in [5.74, 6) is -2.26. The fourth-order valence-corrected chi connectivity index (χ4v) is 5.06. The van der Waals surface area contributed by atoms with Crippen molar-refractivity contribution in [3.63, 3.8) is 0 Å². The van der Waals surface area contributed by atoms with Crippen LogP contribution < -0.4 is 30.8 Å². The quantitative estimate of drug-likeness (QED) is 0.288. The number of halogens is 2. The van der Waals surface area contributed by atoms with Crippen LogP contribution in [0.1, 0.15) is 5.82 Å². The van der Waals surface area contributed by atoms with Gasteiger partial charge in [0.15, 0.2) is 40.5 Å². The summed E-state index contributed by atoms with van der Waals surface area (Å²) in [5, 5.41) is 0.216. The first-order valence-corrected chi connectivity index (χ1v) is 13.0. The van der Waals surface area contributed by atoms with E-state index in [0.717, 1.165) is 6.07 Å². The molecule has 3 heterocycles. The van der Waals surface area contributed by atoms with Crippen LogP contribution in [0.2, 0.25) is 0 Å². The van der Waals surface area contributed by atoms with E-state index < -0.39 is 28.9 Å². The largest absolute Gasteiger partial charge is 0.573 e. The van der Waals surface area contributed by atoms with Crippen LogP contribution in [-0.4, -0.2) is 62.2 Å². The van der Waals surface area contributed by atoms with Gasteiger partial charge >= 0.3 is 0 Å². The molecule has 2 aromatic carbocycles. The normalized spacial score (nSPS) is 13.8. The topological polar surface area (TPSA) is 125 Å². The third-order valence-electron chi connectivity index (χ3n) is 6.25. The molecule has 40 heavy (non-hydrogen) atoms. The Morgan fingerprint density at radius 2 is 1.85 bits per heavy atom. The van der Waals surface area contributed by atoms with Gasteiger partial charge in [0.25, 0.3) is 5.56 Å². The van der Waals surface area contributed by atoms with Crippen molar-refractivity contribution in [1.29, 1.82) is 0 Å². The Bertz CT molecular complexity index is 1630. The van der Waals surface area contributed by atoms with E-state index in [1.165, 1.54) is 56.8 Å². The van der Waals surface area contributed by atoms with Gasteiger partial charge in [-0.15, -0.1) is 8.28 Å². The number of ether oxygens (including phenoxy) is 2. The lowest BCUT2D eigenvalue weighted by Crippen LogP contribution is -2.31. The fraction of sp³-hybridized carbons (Fsp3) is 0.240. The Hall–Kier alpha value is -4.18. The number of hydrazine groups is 1. The number of imidazole rings is 1. The lowest BCUT2D eigenvalue weighted by molar-refractivity contribution is 0.358. The van der Waals surface area contributed by atoms with Crippen LogP contribution in [0.5, 0.6) is 11.5 Å². The number of nitrogens with one attached hydrogen (secondary N) is 2. The molecule has 1 unspecified atom stereocenters. The van der Waals surface area contributed by atoms with Gasteiger partial charge in [-0.25, -0.2) is 24.2 Å². The van der Waals surface area contributed by atoms with Crippen molar-refractivity contribution in [3.05, 3.63) is 77.0 Å². The molecule has 0 saturated heterocycles. The van der Waals surface area contributed by atoms with Crippen molar-refractivity contribution in [2.45, 2.75) is 6.54 Å². The zero-order valence-electron chi connectivity index (χ0n) is 22.0.